The molecule has 0 N–H and O–H groups in total. The third kappa shape index (κ3) is 4.18. The van der Waals surface area contributed by atoms with E-state index in [4.69, 9.17) is 0 Å². The predicted molar refractivity (Wildman–Crippen MR) is 113 cm³/mol. The van der Waals surface area contributed by atoms with Gasteiger partial charge in [0.2, 0.25) is 0 Å². The SMILES string of the molecule is CN1CCC=C(C(=O)N2CCN(C(c3ccccc3)c3ccccc3)CC2)C1. The topological polar surface area (TPSA) is 26.8 Å². The Labute approximate surface area is 168 Å². The molecule has 2 aromatic carbocycles. The number of rotatable bonds is 4. The second-order valence-corrected chi connectivity index (χ2v) is 7.81. The van der Waals surface area contributed by atoms with Crippen LogP contribution in [0.4, 0.5) is 0 Å². The molecule has 0 spiro atoms. The van der Waals surface area contributed by atoms with Crippen LogP contribution in [-0.2, 0) is 4.79 Å². The van der Waals surface area contributed by atoms with Crippen LogP contribution in [0.5, 0.6) is 0 Å². The van der Waals surface area contributed by atoms with Crippen molar-refractivity contribution in [3.05, 3.63) is 83.4 Å². The first-order valence-corrected chi connectivity index (χ1v) is 10.2. The molecular weight excluding hydrogens is 346 g/mol. The molecule has 0 saturated carbocycles. The molecule has 4 heteroatoms. The second-order valence-electron chi connectivity index (χ2n) is 7.81. The van der Waals surface area contributed by atoms with E-state index in [2.05, 4.69) is 83.6 Å². The third-order valence-electron chi connectivity index (χ3n) is 5.81. The van der Waals surface area contributed by atoms with Crippen molar-refractivity contribution in [2.24, 2.45) is 0 Å². The quantitative estimate of drug-likeness (QED) is 0.821. The summed E-state index contributed by atoms with van der Waals surface area (Å²) in [4.78, 5) is 19.7. The van der Waals surface area contributed by atoms with Crippen molar-refractivity contribution in [1.29, 1.82) is 0 Å². The van der Waals surface area contributed by atoms with Crippen molar-refractivity contribution >= 4 is 5.91 Å². The molecule has 2 aliphatic heterocycles. The molecule has 2 aliphatic rings. The van der Waals surface area contributed by atoms with Crippen molar-refractivity contribution in [1.82, 2.24) is 14.7 Å². The lowest BCUT2D eigenvalue weighted by Gasteiger charge is -2.40. The van der Waals surface area contributed by atoms with Gasteiger partial charge in [0.15, 0.2) is 0 Å². The minimum Gasteiger partial charge on any atom is -0.336 e. The van der Waals surface area contributed by atoms with Gasteiger partial charge in [-0.2, -0.15) is 0 Å². The maximum Gasteiger partial charge on any atom is 0.250 e. The first-order valence-electron chi connectivity index (χ1n) is 10.2. The lowest BCUT2D eigenvalue weighted by Crippen LogP contribution is -2.51. The molecule has 4 rings (SSSR count). The number of amides is 1. The lowest BCUT2D eigenvalue weighted by molar-refractivity contribution is -0.129. The summed E-state index contributed by atoms with van der Waals surface area (Å²) in [5.74, 6) is 0.224. The summed E-state index contributed by atoms with van der Waals surface area (Å²) >= 11 is 0. The molecule has 0 bridgehead atoms. The van der Waals surface area contributed by atoms with Crippen LogP contribution in [0.1, 0.15) is 23.6 Å². The smallest absolute Gasteiger partial charge is 0.250 e. The first kappa shape index (κ1) is 18.9. The fourth-order valence-corrected chi connectivity index (χ4v) is 4.32. The Morgan fingerprint density at radius 3 is 1.93 bits per heavy atom. The van der Waals surface area contributed by atoms with E-state index in [0.29, 0.717) is 0 Å². The van der Waals surface area contributed by atoms with Gasteiger partial charge in [0.1, 0.15) is 0 Å². The van der Waals surface area contributed by atoms with Gasteiger partial charge in [0.05, 0.1) is 6.04 Å². The van der Waals surface area contributed by atoms with E-state index in [-0.39, 0.29) is 11.9 Å². The van der Waals surface area contributed by atoms with E-state index in [1.165, 1.54) is 11.1 Å². The zero-order valence-electron chi connectivity index (χ0n) is 16.6. The summed E-state index contributed by atoms with van der Waals surface area (Å²) in [6.07, 6.45) is 3.10. The maximum atomic E-state index is 12.9. The number of nitrogens with zero attached hydrogens (tertiary/aromatic N) is 3. The van der Waals surface area contributed by atoms with Crippen LogP contribution in [0.3, 0.4) is 0 Å². The highest BCUT2D eigenvalue weighted by Crippen LogP contribution is 2.29. The molecule has 0 unspecified atom stereocenters. The number of hydrogen-bond donors (Lipinski definition) is 0. The molecule has 1 amide bonds. The molecule has 1 saturated heterocycles. The number of benzene rings is 2. The summed E-state index contributed by atoms with van der Waals surface area (Å²) in [6, 6.07) is 21.6. The van der Waals surface area contributed by atoms with Gasteiger partial charge >= 0.3 is 0 Å². The Bertz CT molecular complexity index is 771. The highest BCUT2D eigenvalue weighted by Gasteiger charge is 2.29. The predicted octanol–water partition coefficient (Wildman–Crippen LogP) is 3.18. The fraction of sp³-hybridized carbons (Fsp3) is 0.375. The number of hydrogen-bond acceptors (Lipinski definition) is 3. The zero-order chi connectivity index (χ0) is 19.3. The van der Waals surface area contributed by atoms with E-state index >= 15 is 0 Å². The number of likely N-dealkylation sites (N-methyl/N-ethyl adjacent to an activating group) is 1. The molecular formula is C24H29N3O. The molecule has 2 aromatic rings. The number of carbonyl (C=O) groups excluding carboxylic acids is 1. The summed E-state index contributed by atoms with van der Waals surface area (Å²) in [5.41, 5.74) is 3.58. The number of carbonyl (C=O) groups is 1. The monoisotopic (exact) mass is 375 g/mol. The van der Waals surface area contributed by atoms with Crippen LogP contribution in [0.25, 0.3) is 0 Å². The van der Waals surface area contributed by atoms with E-state index in [1.807, 2.05) is 4.90 Å². The standard InChI is InChI=1S/C24H29N3O/c1-25-14-8-13-22(19-25)24(28)27-17-15-26(16-18-27)23(20-9-4-2-5-10-20)21-11-6-3-7-12-21/h2-7,9-13,23H,8,14-19H2,1H3. The van der Waals surface area contributed by atoms with Crippen LogP contribution in [-0.4, -0.2) is 66.9 Å². The van der Waals surface area contributed by atoms with E-state index in [1.54, 1.807) is 0 Å². The molecule has 0 radical (unpaired) electrons. The Morgan fingerprint density at radius 1 is 0.821 bits per heavy atom. The molecule has 4 nitrogen and oxygen atoms in total. The Kier molecular flexibility index (Phi) is 5.89. The molecule has 146 valence electrons. The largest absolute Gasteiger partial charge is 0.336 e. The van der Waals surface area contributed by atoms with Crippen molar-refractivity contribution in [2.45, 2.75) is 12.5 Å². The first-order chi connectivity index (χ1) is 13.7. The Balaban J connectivity index is 1.48. The summed E-state index contributed by atoms with van der Waals surface area (Å²) in [6.45, 7) is 5.18. The second kappa shape index (κ2) is 8.72. The highest BCUT2D eigenvalue weighted by atomic mass is 16.2. The minimum atomic E-state index is 0.224. The van der Waals surface area contributed by atoms with Gasteiger partial charge in [-0.15, -0.1) is 0 Å². The average Bonchev–Trinajstić information content (AvgIpc) is 2.75. The van der Waals surface area contributed by atoms with Crippen LogP contribution >= 0.6 is 0 Å². The van der Waals surface area contributed by atoms with Crippen LogP contribution < -0.4 is 0 Å². The van der Waals surface area contributed by atoms with Crippen LogP contribution in [0.2, 0.25) is 0 Å². The third-order valence-corrected chi connectivity index (χ3v) is 5.81. The van der Waals surface area contributed by atoms with Crippen molar-refractivity contribution in [2.75, 3.05) is 46.3 Å². The fourth-order valence-electron chi connectivity index (χ4n) is 4.32. The van der Waals surface area contributed by atoms with E-state index < -0.39 is 0 Å². The van der Waals surface area contributed by atoms with Crippen molar-refractivity contribution < 1.29 is 4.79 Å². The van der Waals surface area contributed by atoms with Gasteiger partial charge < -0.3 is 9.80 Å². The van der Waals surface area contributed by atoms with Gasteiger partial charge in [0, 0.05) is 44.8 Å². The van der Waals surface area contributed by atoms with Gasteiger partial charge in [-0.05, 0) is 24.6 Å². The molecule has 1 fully saturated rings. The molecule has 2 heterocycles. The van der Waals surface area contributed by atoms with E-state index in [0.717, 1.165) is 51.3 Å². The van der Waals surface area contributed by atoms with Gasteiger partial charge in [-0.25, -0.2) is 0 Å². The zero-order valence-corrected chi connectivity index (χ0v) is 16.6. The maximum absolute atomic E-state index is 12.9. The Hall–Kier alpha value is -2.43. The summed E-state index contributed by atoms with van der Waals surface area (Å²) in [5, 5.41) is 0. The van der Waals surface area contributed by atoms with Gasteiger partial charge in [-0.3, -0.25) is 9.69 Å². The summed E-state index contributed by atoms with van der Waals surface area (Å²) < 4.78 is 0. The Morgan fingerprint density at radius 2 is 1.39 bits per heavy atom. The lowest BCUT2D eigenvalue weighted by atomic mass is 9.96. The highest BCUT2D eigenvalue weighted by molar-refractivity contribution is 5.94. The average molecular weight is 376 g/mol. The minimum absolute atomic E-state index is 0.224. The van der Waals surface area contributed by atoms with Crippen molar-refractivity contribution in [3.8, 4) is 0 Å². The van der Waals surface area contributed by atoms with Crippen LogP contribution in [0.15, 0.2) is 72.3 Å². The molecule has 28 heavy (non-hydrogen) atoms. The molecule has 0 aromatic heterocycles. The number of piperazine rings is 1. The van der Waals surface area contributed by atoms with Gasteiger partial charge in [0.25, 0.3) is 5.91 Å². The normalized spacial score (nSPS) is 18.9. The molecule has 0 aliphatic carbocycles. The van der Waals surface area contributed by atoms with E-state index in [9.17, 15) is 4.79 Å². The van der Waals surface area contributed by atoms with Crippen LogP contribution in [0, 0.1) is 0 Å². The van der Waals surface area contributed by atoms with Gasteiger partial charge in [-0.1, -0.05) is 66.7 Å². The molecule has 0 atom stereocenters. The summed E-state index contributed by atoms with van der Waals surface area (Å²) in [7, 11) is 2.09. The van der Waals surface area contributed by atoms with Crippen molar-refractivity contribution in [3.63, 3.8) is 0 Å².